The van der Waals surface area contributed by atoms with Crippen molar-refractivity contribution in [3.8, 4) is 11.4 Å². The average Bonchev–Trinajstić information content (AvgIpc) is 3.35. The lowest BCUT2D eigenvalue weighted by atomic mass is 9.84. The number of nitrogens with zero attached hydrogens (tertiary/aromatic N) is 3. The molecule has 0 saturated heterocycles. The van der Waals surface area contributed by atoms with Crippen molar-refractivity contribution in [2.75, 3.05) is 0 Å². The Kier molecular flexibility index (Phi) is 6.36. The van der Waals surface area contributed by atoms with E-state index in [2.05, 4.69) is 174 Å². The number of aromatic nitrogens is 3. The van der Waals surface area contributed by atoms with Gasteiger partial charge in [-0.25, -0.2) is 9.20 Å². The predicted molar refractivity (Wildman–Crippen MR) is 203 cm³/mol. The van der Waals surface area contributed by atoms with Gasteiger partial charge in [-0.2, -0.15) is 0 Å². The fraction of sp³-hybridized carbons (Fsp3) is 0.318. The molecule has 0 atom stereocenters. The van der Waals surface area contributed by atoms with Crippen LogP contribution < -0.4 is 0 Å². The van der Waals surface area contributed by atoms with E-state index in [1.807, 2.05) is 0 Å². The van der Waals surface area contributed by atoms with E-state index in [-0.39, 0.29) is 10.8 Å². The molecular formula is C44H47N3. The van der Waals surface area contributed by atoms with Crippen molar-refractivity contribution in [1.29, 1.82) is 0 Å². The molecule has 0 fully saturated rings. The quantitative estimate of drug-likeness (QED) is 0.138. The third-order valence-corrected chi connectivity index (χ3v) is 10.4. The molecule has 8 rings (SSSR count). The summed E-state index contributed by atoms with van der Waals surface area (Å²) in [6.07, 6.45) is 0. The monoisotopic (exact) mass is 617 g/mol. The molecular weight excluding hydrogens is 571 g/mol. The van der Waals surface area contributed by atoms with Gasteiger partial charge in [-0.05, 0) is 106 Å². The molecule has 3 heteroatoms. The highest BCUT2D eigenvalue weighted by Gasteiger charge is 2.29. The van der Waals surface area contributed by atoms with Gasteiger partial charge >= 0.3 is 0 Å². The standard InChI is InChI=1S/C44H47N3/c1-26(2)28-16-18-37-33(20-28)34-21-29(27(3)4)22-35-36-23-31(44(8,9)10)25-40-42(36)47(46(37)41(34)35)38-19-17-30(43(5,6)7)24-39(38)45(40)32-14-12-11-13-15-32/h11-27H,1-10H3. The van der Waals surface area contributed by atoms with Gasteiger partial charge in [-0.1, -0.05) is 99.6 Å². The highest BCUT2D eigenvalue weighted by molar-refractivity contribution is 6.20. The Balaban J connectivity index is 1.75. The molecule has 0 unspecified atom stereocenters. The van der Waals surface area contributed by atoms with Gasteiger partial charge in [0.15, 0.2) is 0 Å². The molecule has 0 spiro atoms. The molecule has 47 heavy (non-hydrogen) atoms. The molecule has 0 aliphatic carbocycles. The van der Waals surface area contributed by atoms with Crippen LogP contribution in [0.15, 0.2) is 91.0 Å². The minimum atomic E-state index is -0.0304. The minimum Gasteiger partial charge on any atom is -0.306 e. The van der Waals surface area contributed by atoms with Crippen molar-refractivity contribution in [2.24, 2.45) is 0 Å². The van der Waals surface area contributed by atoms with Gasteiger partial charge in [0.25, 0.3) is 0 Å². The lowest BCUT2D eigenvalue weighted by molar-refractivity contribution is 0.590. The highest BCUT2D eigenvalue weighted by Crippen LogP contribution is 2.45. The molecule has 0 N–H and O–H groups in total. The van der Waals surface area contributed by atoms with E-state index < -0.39 is 0 Å². The van der Waals surface area contributed by atoms with Crippen LogP contribution in [0.4, 0.5) is 0 Å². The van der Waals surface area contributed by atoms with E-state index in [1.165, 1.54) is 82.8 Å². The summed E-state index contributed by atoms with van der Waals surface area (Å²) in [6.45, 7) is 23.2. The Morgan fingerprint density at radius 3 is 1.72 bits per heavy atom. The molecule has 0 radical (unpaired) electrons. The van der Waals surface area contributed by atoms with Crippen LogP contribution in [-0.2, 0) is 10.8 Å². The molecule has 0 saturated carbocycles. The molecule has 3 nitrogen and oxygen atoms in total. The number of benzene rings is 5. The van der Waals surface area contributed by atoms with Gasteiger partial charge in [-0.15, -0.1) is 0 Å². The van der Waals surface area contributed by atoms with Crippen molar-refractivity contribution in [3.05, 3.63) is 113 Å². The number of hydrogen-bond acceptors (Lipinski definition) is 0. The van der Waals surface area contributed by atoms with Crippen molar-refractivity contribution >= 4 is 49.1 Å². The number of hydrogen-bond donors (Lipinski definition) is 0. The molecule has 0 amide bonds. The topological polar surface area (TPSA) is 14.3 Å². The van der Waals surface area contributed by atoms with Gasteiger partial charge in [0.2, 0.25) is 0 Å². The maximum atomic E-state index is 2.54. The van der Waals surface area contributed by atoms with E-state index >= 15 is 0 Å². The smallest absolute Gasteiger partial charge is 0.0957 e. The Hall–Kier alpha value is -4.50. The minimum absolute atomic E-state index is 0.0124. The molecule has 0 bridgehead atoms. The normalized spacial score (nSPS) is 13.3. The van der Waals surface area contributed by atoms with Crippen LogP contribution in [0.1, 0.15) is 103 Å². The maximum Gasteiger partial charge on any atom is 0.0957 e. The zero-order chi connectivity index (χ0) is 33.2. The largest absolute Gasteiger partial charge is 0.306 e. The Morgan fingerprint density at radius 1 is 0.489 bits per heavy atom. The van der Waals surface area contributed by atoms with Crippen LogP contribution in [0.2, 0.25) is 0 Å². The summed E-state index contributed by atoms with van der Waals surface area (Å²) in [7, 11) is 0. The van der Waals surface area contributed by atoms with E-state index in [4.69, 9.17) is 0 Å². The van der Waals surface area contributed by atoms with Gasteiger partial charge in [0, 0.05) is 27.2 Å². The third-order valence-electron chi connectivity index (χ3n) is 10.4. The molecule has 6 aromatic rings. The van der Waals surface area contributed by atoms with Gasteiger partial charge in [0.05, 0.1) is 33.3 Å². The van der Waals surface area contributed by atoms with Crippen molar-refractivity contribution in [1.82, 2.24) is 13.8 Å². The van der Waals surface area contributed by atoms with Crippen LogP contribution in [0.25, 0.3) is 60.5 Å². The van der Waals surface area contributed by atoms with Crippen LogP contribution in [0, 0.1) is 0 Å². The van der Waals surface area contributed by atoms with E-state index in [9.17, 15) is 0 Å². The number of para-hydroxylation sites is 1. The Bertz CT molecular complexity index is 2460. The fourth-order valence-corrected chi connectivity index (χ4v) is 7.58. The first-order valence-corrected chi connectivity index (χ1v) is 17.3. The zero-order valence-corrected chi connectivity index (χ0v) is 29.7. The molecule has 238 valence electrons. The second kappa shape index (κ2) is 10.0. The third kappa shape index (κ3) is 4.39. The Labute approximate surface area is 278 Å². The van der Waals surface area contributed by atoms with Gasteiger partial charge in [0.1, 0.15) is 0 Å². The SMILES string of the molecule is CC(C)c1ccc2c(c1)c1cc(C(C)C)cc3c4cc(C(C)(C)C)cc5c4-n(c4ccc(C(C)(C)C)cc4n5-c4ccccc4)n2c31. The van der Waals surface area contributed by atoms with Crippen LogP contribution in [-0.4, -0.2) is 13.8 Å². The van der Waals surface area contributed by atoms with E-state index in [1.54, 1.807) is 0 Å². The van der Waals surface area contributed by atoms with Crippen LogP contribution in [0.3, 0.4) is 0 Å². The number of fused-ring (bicyclic) bond motifs is 7. The molecule has 5 aromatic carbocycles. The van der Waals surface area contributed by atoms with Crippen LogP contribution >= 0.6 is 0 Å². The van der Waals surface area contributed by atoms with E-state index in [0.29, 0.717) is 11.8 Å². The summed E-state index contributed by atoms with van der Waals surface area (Å²) >= 11 is 0. The maximum absolute atomic E-state index is 2.54. The summed E-state index contributed by atoms with van der Waals surface area (Å²) in [4.78, 5) is 0. The first-order chi connectivity index (χ1) is 22.2. The lowest BCUT2D eigenvalue weighted by Crippen LogP contribution is -2.20. The van der Waals surface area contributed by atoms with Crippen molar-refractivity contribution < 1.29 is 0 Å². The van der Waals surface area contributed by atoms with Crippen molar-refractivity contribution in [3.63, 3.8) is 0 Å². The molecule has 2 aliphatic rings. The lowest BCUT2D eigenvalue weighted by Gasteiger charge is -2.30. The first-order valence-electron chi connectivity index (χ1n) is 17.3. The highest BCUT2D eigenvalue weighted by atomic mass is 15.4. The van der Waals surface area contributed by atoms with Crippen LogP contribution in [0.5, 0.6) is 0 Å². The van der Waals surface area contributed by atoms with E-state index in [0.717, 1.165) is 0 Å². The summed E-state index contributed by atoms with van der Waals surface area (Å²) in [5, 5.41) is 5.31. The summed E-state index contributed by atoms with van der Waals surface area (Å²) in [5.41, 5.74) is 14.0. The zero-order valence-electron chi connectivity index (χ0n) is 29.7. The van der Waals surface area contributed by atoms with Gasteiger partial charge in [-0.3, -0.25) is 0 Å². The summed E-state index contributed by atoms with van der Waals surface area (Å²) in [5.74, 6) is 0.874. The summed E-state index contributed by atoms with van der Waals surface area (Å²) < 4.78 is 7.60. The van der Waals surface area contributed by atoms with Gasteiger partial charge < -0.3 is 4.57 Å². The van der Waals surface area contributed by atoms with Crippen molar-refractivity contribution in [2.45, 2.75) is 91.9 Å². The molecule has 3 heterocycles. The predicted octanol–water partition coefficient (Wildman–Crippen LogP) is 12.4. The average molecular weight is 618 g/mol. The molecule has 1 aromatic heterocycles. The second-order valence-corrected chi connectivity index (χ2v) is 16.4. The Morgan fingerprint density at radius 2 is 1.09 bits per heavy atom. The number of rotatable bonds is 3. The first kappa shape index (κ1) is 29.9. The fourth-order valence-electron chi connectivity index (χ4n) is 7.58. The second-order valence-electron chi connectivity index (χ2n) is 16.4. The summed E-state index contributed by atoms with van der Waals surface area (Å²) in [6, 6.07) is 35.1. The molecule has 2 aliphatic heterocycles.